The Morgan fingerprint density at radius 3 is 2.33 bits per heavy atom. The minimum atomic E-state index is -3.83. The van der Waals surface area contributed by atoms with Crippen LogP contribution in [0.25, 0.3) is 6.08 Å². The number of hydrogen-bond acceptors (Lipinski definition) is 4. The van der Waals surface area contributed by atoms with Crippen molar-refractivity contribution in [3.05, 3.63) is 65.4 Å². The molecule has 0 fully saturated rings. The standard InChI is InChI=1S/C18H17NO4S/c1-12(2)19-15(11-13-7-3-5-9-16(13)20)18(21)14-8-4-6-10-17(14)24(19,22)23/h3-12,20H,1-2H3/b15-11-. The largest absolute Gasteiger partial charge is 0.507 e. The lowest BCUT2D eigenvalue weighted by atomic mass is 10.0. The van der Waals surface area contributed by atoms with Crippen LogP contribution in [0.3, 0.4) is 0 Å². The van der Waals surface area contributed by atoms with Crippen molar-refractivity contribution in [1.82, 2.24) is 4.31 Å². The highest BCUT2D eigenvalue weighted by atomic mass is 32.2. The van der Waals surface area contributed by atoms with Crippen LogP contribution in [0, 0.1) is 0 Å². The average Bonchev–Trinajstić information content (AvgIpc) is 2.54. The van der Waals surface area contributed by atoms with Crippen LogP contribution in [0.2, 0.25) is 0 Å². The number of nitrogens with zero attached hydrogens (tertiary/aromatic N) is 1. The molecular formula is C18H17NO4S. The number of Topliss-reactive ketones (excluding diaryl/α,β-unsaturated/α-hetero) is 1. The number of rotatable bonds is 2. The summed E-state index contributed by atoms with van der Waals surface area (Å²) < 4.78 is 27.0. The van der Waals surface area contributed by atoms with Crippen LogP contribution >= 0.6 is 0 Å². The van der Waals surface area contributed by atoms with Gasteiger partial charge in [-0.1, -0.05) is 30.3 Å². The number of phenolic OH excluding ortho intramolecular Hbond substituents is 1. The zero-order valence-corrected chi connectivity index (χ0v) is 14.1. The van der Waals surface area contributed by atoms with Gasteiger partial charge in [-0.2, -0.15) is 0 Å². The van der Waals surface area contributed by atoms with Crippen LogP contribution in [0.15, 0.2) is 59.1 Å². The molecule has 1 aliphatic rings. The topological polar surface area (TPSA) is 74.7 Å². The van der Waals surface area contributed by atoms with Gasteiger partial charge in [-0.15, -0.1) is 0 Å². The van der Waals surface area contributed by atoms with Gasteiger partial charge in [-0.3, -0.25) is 9.10 Å². The summed E-state index contributed by atoms with van der Waals surface area (Å²) in [6, 6.07) is 12.2. The highest BCUT2D eigenvalue weighted by Gasteiger charge is 2.40. The lowest BCUT2D eigenvalue weighted by Crippen LogP contribution is -2.43. The second-order valence-electron chi connectivity index (χ2n) is 5.81. The molecule has 5 nitrogen and oxygen atoms in total. The van der Waals surface area contributed by atoms with E-state index in [4.69, 9.17) is 0 Å². The van der Waals surface area contributed by atoms with E-state index in [9.17, 15) is 18.3 Å². The number of aromatic hydroxyl groups is 1. The first kappa shape index (κ1) is 16.3. The maximum absolute atomic E-state index is 12.9. The lowest BCUT2D eigenvalue weighted by molar-refractivity contribution is 0.0996. The quantitative estimate of drug-likeness (QED) is 0.851. The van der Waals surface area contributed by atoms with Gasteiger partial charge in [0.2, 0.25) is 5.78 Å². The van der Waals surface area contributed by atoms with Crippen molar-refractivity contribution in [1.29, 1.82) is 0 Å². The van der Waals surface area contributed by atoms with Crippen molar-refractivity contribution in [2.24, 2.45) is 0 Å². The van der Waals surface area contributed by atoms with Gasteiger partial charge in [0.1, 0.15) is 11.4 Å². The van der Waals surface area contributed by atoms with E-state index in [-0.39, 0.29) is 27.7 Å². The molecule has 0 saturated carbocycles. The van der Waals surface area contributed by atoms with Gasteiger partial charge in [0.05, 0.1) is 4.90 Å². The van der Waals surface area contributed by atoms with Crippen LogP contribution in [0.1, 0.15) is 29.8 Å². The second-order valence-corrected chi connectivity index (χ2v) is 7.59. The predicted octanol–water partition coefficient (Wildman–Crippen LogP) is 3.03. The molecule has 124 valence electrons. The summed E-state index contributed by atoms with van der Waals surface area (Å²) in [5, 5.41) is 9.95. The summed E-state index contributed by atoms with van der Waals surface area (Å²) in [5.74, 6) is -0.393. The first-order valence-electron chi connectivity index (χ1n) is 7.52. The van der Waals surface area contributed by atoms with E-state index in [0.29, 0.717) is 5.56 Å². The van der Waals surface area contributed by atoms with E-state index < -0.39 is 16.1 Å². The smallest absolute Gasteiger partial charge is 0.265 e. The van der Waals surface area contributed by atoms with E-state index in [1.165, 1.54) is 24.3 Å². The summed E-state index contributed by atoms with van der Waals surface area (Å²) in [5.41, 5.74) is 0.572. The maximum Gasteiger partial charge on any atom is 0.265 e. The maximum atomic E-state index is 12.9. The van der Waals surface area contributed by atoms with Crippen molar-refractivity contribution in [3.63, 3.8) is 0 Å². The number of carbonyl (C=O) groups excluding carboxylic acids is 1. The highest BCUT2D eigenvalue weighted by Crippen LogP contribution is 2.35. The number of ketones is 1. The zero-order valence-electron chi connectivity index (χ0n) is 13.3. The molecule has 1 N–H and O–H groups in total. The normalized spacial score (nSPS) is 18.0. The fraction of sp³-hybridized carbons (Fsp3) is 0.167. The number of sulfonamides is 1. The number of benzene rings is 2. The zero-order chi connectivity index (χ0) is 17.5. The molecular weight excluding hydrogens is 326 g/mol. The number of hydrogen-bond donors (Lipinski definition) is 1. The van der Waals surface area contributed by atoms with Crippen LogP contribution in [0.4, 0.5) is 0 Å². The Bertz CT molecular complexity index is 945. The SMILES string of the molecule is CC(C)N1/C(=C\c2ccccc2O)C(=O)c2ccccc2S1(=O)=O. The number of carbonyl (C=O) groups is 1. The first-order chi connectivity index (χ1) is 11.3. The van der Waals surface area contributed by atoms with Crippen LogP contribution < -0.4 is 0 Å². The minimum absolute atomic E-state index is 0.0122. The molecule has 0 atom stereocenters. The Morgan fingerprint density at radius 2 is 1.67 bits per heavy atom. The van der Waals surface area contributed by atoms with E-state index >= 15 is 0 Å². The van der Waals surface area contributed by atoms with Gasteiger partial charge in [0, 0.05) is 17.2 Å². The first-order valence-corrected chi connectivity index (χ1v) is 8.96. The summed E-state index contributed by atoms with van der Waals surface area (Å²) >= 11 is 0. The number of para-hydroxylation sites is 1. The lowest BCUT2D eigenvalue weighted by Gasteiger charge is -2.34. The Morgan fingerprint density at radius 1 is 1.04 bits per heavy atom. The van der Waals surface area contributed by atoms with Gasteiger partial charge in [0.25, 0.3) is 10.0 Å². The number of phenols is 1. The third kappa shape index (κ3) is 2.49. The molecule has 24 heavy (non-hydrogen) atoms. The fourth-order valence-electron chi connectivity index (χ4n) is 2.79. The third-order valence-electron chi connectivity index (χ3n) is 3.84. The molecule has 1 aliphatic heterocycles. The average molecular weight is 343 g/mol. The Hall–Kier alpha value is -2.60. The second kappa shape index (κ2) is 5.79. The Kier molecular flexibility index (Phi) is 3.93. The highest BCUT2D eigenvalue weighted by molar-refractivity contribution is 7.89. The third-order valence-corrected chi connectivity index (χ3v) is 5.88. The van der Waals surface area contributed by atoms with Gasteiger partial charge < -0.3 is 5.11 Å². The van der Waals surface area contributed by atoms with Gasteiger partial charge in [-0.05, 0) is 38.1 Å². The minimum Gasteiger partial charge on any atom is -0.507 e. The molecule has 6 heteroatoms. The fourth-order valence-corrected chi connectivity index (χ4v) is 4.65. The number of allylic oxidation sites excluding steroid dienone is 1. The molecule has 0 aromatic heterocycles. The molecule has 1 heterocycles. The Balaban J connectivity index is 2.29. The van der Waals surface area contributed by atoms with Crippen LogP contribution in [-0.2, 0) is 10.0 Å². The van der Waals surface area contributed by atoms with Crippen molar-refractivity contribution in [2.45, 2.75) is 24.8 Å². The summed E-state index contributed by atoms with van der Waals surface area (Å²) in [6.45, 7) is 3.41. The van der Waals surface area contributed by atoms with Crippen molar-refractivity contribution >= 4 is 21.9 Å². The summed E-state index contributed by atoms with van der Waals surface area (Å²) in [4.78, 5) is 12.9. The molecule has 0 radical (unpaired) electrons. The van der Waals surface area contributed by atoms with Gasteiger partial charge >= 0.3 is 0 Å². The van der Waals surface area contributed by atoms with E-state index in [1.54, 1.807) is 44.2 Å². The molecule has 2 aromatic rings. The monoisotopic (exact) mass is 343 g/mol. The van der Waals surface area contributed by atoms with E-state index in [0.717, 1.165) is 4.31 Å². The van der Waals surface area contributed by atoms with Crippen molar-refractivity contribution in [3.8, 4) is 5.75 Å². The van der Waals surface area contributed by atoms with Crippen molar-refractivity contribution < 1.29 is 18.3 Å². The molecule has 0 bridgehead atoms. The summed E-state index contributed by atoms with van der Waals surface area (Å²) in [6.07, 6.45) is 1.42. The number of fused-ring (bicyclic) bond motifs is 1. The molecule has 0 spiro atoms. The molecule has 3 rings (SSSR count). The molecule has 0 saturated heterocycles. The van der Waals surface area contributed by atoms with Crippen LogP contribution in [-0.4, -0.2) is 29.7 Å². The van der Waals surface area contributed by atoms with Gasteiger partial charge in [-0.25, -0.2) is 8.42 Å². The molecule has 2 aromatic carbocycles. The van der Waals surface area contributed by atoms with Crippen LogP contribution in [0.5, 0.6) is 5.75 Å². The molecule has 0 aliphatic carbocycles. The van der Waals surface area contributed by atoms with Gasteiger partial charge in [0.15, 0.2) is 0 Å². The van der Waals surface area contributed by atoms with E-state index in [2.05, 4.69) is 0 Å². The molecule has 0 unspecified atom stereocenters. The van der Waals surface area contributed by atoms with Crippen molar-refractivity contribution in [2.75, 3.05) is 0 Å². The molecule has 0 amide bonds. The predicted molar refractivity (Wildman–Crippen MR) is 91.0 cm³/mol. The summed E-state index contributed by atoms with van der Waals surface area (Å²) in [7, 11) is -3.83. The van der Waals surface area contributed by atoms with E-state index in [1.807, 2.05) is 0 Å². The Labute approximate surface area is 140 Å².